The Hall–Kier alpha value is -9.89. The van der Waals surface area contributed by atoms with Crippen molar-refractivity contribution < 1.29 is 68.1 Å². The molecule has 90 heavy (non-hydrogen) atoms. The number of phenols is 2. The number of piperazine rings is 1. The second-order valence-electron chi connectivity index (χ2n) is 22.6. The normalized spacial score (nSPS) is 17.8. The Bertz CT molecular complexity index is 3360. The summed E-state index contributed by atoms with van der Waals surface area (Å²) in [5, 5.41) is 54.4. The quantitative estimate of drug-likeness (QED) is 0.0228. The molecule has 11 amide bonds. The number of hydrogen-bond acceptors (Lipinski definition) is 15. The number of para-hydroxylation sites is 1. The maximum absolute atomic E-state index is 14.6. The van der Waals surface area contributed by atoms with Crippen molar-refractivity contribution >= 4 is 75.9 Å². The Morgan fingerprint density at radius 1 is 0.600 bits per heavy atom. The first-order valence-corrected chi connectivity index (χ1v) is 29.9. The second-order valence-corrected chi connectivity index (χ2v) is 22.6. The van der Waals surface area contributed by atoms with Crippen molar-refractivity contribution in [3.63, 3.8) is 0 Å². The van der Waals surface area contributed by atoms with Gasteiger partial charge in [-0.2, -0.15) is 0 Å². The first kappa shape index (κ1) is 67.6. The predicted molar refractivity (Wildman–Crippen MR) is 328 cm³/mol. The first-order chi connectivity index (χ1) is 43.1. The highest BCUT2D eigenvalue weighted by atomic mass is 16.3. The van der Waals surface area contributed by atoms with Crippen LogP contribution in [0.25, 0.3) is 10.9 Å². The zero-order valence-corrected chi connectivity index (χ0v) is 50.0. The molecule has 2 aliphatic heterocycles. The van der Waals surface area contributed by atoms with Crippen LogP contribution < -0.4 is 59.3 Å². The van der Waals surface area contributed by atoms with E-state index in [1.54, 1.807) is 60.8 Å². The van der Waals surface area contributed by atoms with E-state index in [-0.39, 0.29) is 76.0 Å². The van der Waals surface area contributed by atoms with Crippen LogP contribution >= 0.6 is 0 Å². The number of unbranched alkanes of at least 4 members (excludes halogenated alkanes) is 1. The smallest absolute Gasteiger partial charge is 0.246 e. The molecule has 4 aromatic carbocycles. The van der Waals surface area contributed by atoms with E-state index in [1.807, 2.05) is 24.3 Å². The number of nitrogens with one attached hydrogen (secondary N) is 10. The minimum absolute atomic E-state index is 0.0236. The van der Waals surface area contributed by atoms with Gasteiger partial charge < -0.3 is 84.5 Å². The molecule has 2 fully saturated rings. The van der Waals surface area contributed by atoms with Gasteiger partial charge in [0.2, 0.25) is 65.0 Å². The van der Waals surface area contributed by atoms with Gasteiger partial charge in [-0.15, -0.1) is 0 Å². The van der Waals surface area contributed by atoms with E-state index < -0.39 is 132 Å². The molecule has 3 heterocycles. The monoisotopic (exact) mass is 1240 g/mol. The number of carbonyl (C=O) groups is 11. The number of phenolic OH excluding ortho intramolecular Hbond substituents is 2. The lowest BCUT2D eigenvalue weighted by Gasteiger charge is -2.30. The van der Waals surface area contributed by atoms with Gasteiger partial charge in [0.15, 0.2) is 0 Å². The topological polar surface area (TPSA) is 428 Å². The zero-order chi connectivity index (χ0) is 65.0. The summed E-state index contributed by atoms with van der Waals surface area (Å²) in [6.45, 7) is 2.12. The molecule has 5 aromatic rings. The minimum Gasteiger partial charge on any atom is -0.508 e. The van der Waals surface area contributed by atoms with Crippen LogP contribution in [-0.2, 0) is 78.4 Å². The molecule has 1 aromatic heterocycles. The lowest BCUT2D eigenvalue weighted by atomic mass is 10.0. The Balaban J connectivity index is 0.874. The third-order valence-corrected chi connectivity index (χ3v) is 15.7. The minimum atomic E-state index is -1.44. The zero-order valence-electron chi connectivity index (χ0n) is 50.0. The number of primary amides is 1. The molecule has 480 valence electrons. The number of amides is 11. The number of hydrogen-bond donors (Lipinski definition) is 15. The lowest BCUT2D eigenvalue weighted by molar-refractivity contribution is -0.142. The first-order valence-electron chi connectivity index (χ1n) is 29.9. The number of nitrogens with two attached hydrogens (primary N) is 2. The molecule has 0 spiro atoms. The average Bonchev–Trinajstić information content (AvgIpc) is 1.94. The summed E-state index contributed by atoms with van der Waals surface area (Å²) in [5.41, 5.74) is 15.2. The van der Waals surface area contributed by atoms with Gasteiger partial charge in [0.05, 0.1) is 12.6 Å². The summed E-state index contributed by atoms with van der Waals surface area (Å²) in [7, 11) is 0. The van der Waals surface area contributed by atoms with E-state index in [4.69, 9.17) is 11.5 Å². The standard InChI is InChI=1S/C63H79N13O14/c1-35(68-57(84)44(64)29-38-17-21-41(78)22-18-38)55(82)73-49(30-37-11-4-3-5-12-37)61(88)69-36(2)56(83)74-50(31-39-19-23-42(79)24-20-39)63(90)76-28-10-16-52(76)62(89)75-51(34-77)58(85)66-27-9-8-15-46-59(86)72-47(60(87)71-46)25-26-53(80)70-48(54(65)81)32-40-33-67-45-14-7-6-13-43(40)45/h3-7,11-14,17-24,33,35-36,44,46-52,67,77-79H,8-10,15-16,25-32,34,64H2,1-2H3,(H2,65,81)(H,66,85)(H,68,84)(H,69,88)(H,70,80)(H,71,87)(H,72,86)(H,73,82)(H,74,83)(H,75,89)/t35-,36-,44+,46-,47-,48-,49+,50+,51+,52+/m1/s1. The molecule has 0 unspecified atom stereocenters. The molecule has 17 N–H and O–H groups in total. The van der Waals surface area contributed by atoms with Gasteiger partial charge in [0.1, 0.15) is 65.9 Å². The third kappa shape index (κ3) is 19.3. The maximum Gasteiger partial charge on any atom is 0.246 e. The molecule has 27 nitrogen and oxygen atoms in total. The highest BCUT2D eigenvalue weighted by Gasteiger charge is 2.40. The number of aromatic hydroxyl groups is 2. The molecule has 2 aliphatic rings. The molecule has 0 aliphatic carbocycles. The molecule has 10 atom stereocenters. The van der Waals surface area contributed by atoms with Gasteiger partial charge >= 0.3 is 0 Å². The SMILES string of the molecule is C[C@@H](NC(=O)[C@H](Cc1ccccc1)NC(=O)[C@@H](C)NC(=O)[C@@H](N)Cc1ccc(O)cc1)C(=O)N[C@@H](Cc1ccc(O)cc1)C(=O)N1CCC[C@H]1C(=O)N[C@@H](CO)C(=O)NCCCC[C@H]1NC(=O)[C@@H](CCC(=O)N[C@H](Cc2c[nH]c3ccccc23)C(N)=O)NC1=O. The molecule has 0 saturated carbocycles. The highest BCUT2D eigenvalue weighted by molar-refractivity contribution is 5.99. The predicted octanol–water partition coefficient (Wildman–Crippen LogP) is -1.36. The number of benzene rings is 4. The van der Waals surface area contributed by atoms with Crippen LogP contribution in [0.5, 0.6) is 11.5 Å². The Labute approximate surface area is 519 Å². The van der Waals surface area contributed by atoms with Crippen molar-refractivity contribution in [2.24, 2.45) is 11.5 Å². The third-order valence-electron chi connectivity index (χ3n) is 15.7. The lowest BCUT2D eigenvalue weighted by Crippen LogP contribution is -2.61. The van der Waals surface area contributed by atoms with Gasteiger partial charge in [0.25, 0.3) is 0 Å². The van der Waals surface area contributed by atoms with Crippen molar-refractivity contribution in [1.82, 2.24) is 57.7 Å². The van der Waals surface area contributed by atoms with Crippen molar-refractivity contribution in [2.75, 3.05) is 19.7 Å². The fraction of sp³-hybridized carbons (Fsp3) is 0.413. The summed E-state index contributed by atoms with van der Waals surface area (Å²) in [6.07, 6.45) is 3.03. The Kier molecular flexibility index (Phi) is 24.3. The van der Waals surface area contributed by atoms with E-state index in [9.17, 15) is 68.1 Å². The number of nitrogens with zero attached hydrogens (tertiary/aromatic N) is 1. The van der Waals surface area contributed by atoms with Gasteiger partial charge in [-0.25, -0.2) is 0 Å². The van der Waals surface area contributed by atoms with Gasteiger partial charge in [0, 0.05) is 55.9 Å². The van der Waals surface area contributed by atoms with Gasteiger partial charge in [-0.3, -0.25) is 52.7 Å². The Morgan fingerprint density at radius 2 is 1.17 bits per heavy atom. The van der Waals surface area contributed by atoms with E-state index in [0.717, 1.165) is 16.5 Å². The molecule has 2 saturated heterocycles. The van der Waals surface area contributed by atoms with Crippen molar-refractivity contribution in [2.45, 2.75) is 145 Å². The molecule has 27 heteroatoms. The largest absolute Gasteiger partial charge is 0.508 e. The second kappa shape index (κ2) is 32.4. The fourth-order valence-electron chi connectivity index (χ4n) is 10.6. The van der Waals surface area contributed by atoms with Crippen molar-refractivity contribution in [3.05, 3.63) is 132 Å². The summed E-state index contributed by atoms with van der Waals surface area (Å²) < 4.78 is 0. The van der Waals surface area contributed by atoms with E-state index in [0.29, 0.717) is 36.0 Å². The van der Waals surface area contributed by atoms with Crippen LogP contribution in [0, 0.1) is 0 Å². The molecule has 0 radical (unpaired) electrons. The van der Waals surface area contributed by atoms with Crippen LogP contribution in [0.15, 0.2) is 109 Å². The van der Waals surface area contributed by atoms with E-state index in [2.05, 4.69) is 52.8 Å². The van der Waals surface area contributed by atoms with Crippen LogP contribution in [0.4, 0.5) is 0 Å². The maximum atomic E-state index is 14.6. The van der Waals surface area contributed by atoms with E-state index >= 15 is 0 Å². The highest BCUT2D eigenvalue weighted by Crippen LogP contribution is 2.23. The Morgan fingerprint density at radius 3 is 1.80 bits per heavy atom. The molecule has 7 rings (SSSR count). The number of rotatable bonds is 31. The average molecular weight is 1240 g/mol. The summed E-state index contributed by atoms with van der Waals surface area (Å²) in [4.78, 5) is 152. The fourth-order valence-corrected chi connectivity index (χ4v) is 10.6. The number of carbonyl (C=O) groups excluding carboxylic acids is 11. The van der Waals surface area contributed by atoms with Crippen LogP contribution in [0.3, 0.4) is 0 Å². The van der Waals surface area contributed by atoms with Crippen LogP contribution in [-0.4, -0.2) is 170 Å². The summed E-state index contributed by atoms with van der Waals surface area (Å²) >= 11 is 0. The van der Waals surface area contributed by atoms with Gasteiger partial charge in [-0.05, 0) is 111 Å². The van der Waals surface area contributed by atoms with Crippen molar-refractivity contribution in [3.8, 4) is 11.5 Å². The number of aliphatic hydroxyl groups excluding tert-OH is 1. The number of aromatic nitrogens is 1. The molecular weight excluding hydrogens is 1160 g/mol. The number of H-pyrrole nitrogens is 1. The van der Waals surface area contributed by atoms with Crippen LogP contribution in [0.1, 0.15) is 81.0 Å². The molecular formula is C63H79N13O14. The number of aromatic amines is 1. The number of fused-ring (bicyclic) bond motifs is 1. The van der Waals surface area contributed by atoms with E-state index in [1.165, 1.54) is 43.0 Å². The van der Waals surface area contributed by atoms with Crippen molar-refractivity contribution in [1.29, 1.82) is 0 Å². The summed E-state index contributed by atoms with van der Waals surface area (Å²) in [6, 6.07) is 16.6. The van der Waals surface area contributed by atoms with Crippen LogP contribution in [0.2, 0.25) is 0 Å². The summed E-state index contributed by atoms with van der Waals surface area (Å²) in [5.74, 6) is -7.37. The van der Waals surface area contributed by atoms with Gasteiger partial charge in [-0.1, -0.05) is 72.8 Å². The molecule has 0 bridgehead atoms. The number of likely N-dealkylation sites (tertiary alicyclic amines) is 1. The number of aliphatic hydroxyl groups is 1.